The maximum absolute atomic E-state index is 5.76. The van der Waals surface area contributed by atoms with Gasteiger partial charge >= 0.3 is 0 Å². The van der Waals surface area contributed by atoms with Gasteiger partial charge in [0.2, 0.25) is 0 Å². The van der Waals surface area contributed by atoms with Gasteiger partial charge in [0, 0.05) is 17.9 Å². The van der Waals surface area contributed by atoms with Crippen LogP contribution in [0.5, 0.6) is 0 Å². The van der Waals surface area contributed by atoms with Gasteiger partial charge in [-0.25, -0.2) is 9.67 Å². The Hall–Kier alpha value is -1.38. The summed E-state index contributed by atoms with van der Waals surface area (Å²) in [5.41, 5.74) is 3.78. The largest absolute Gasteiger partial charge is 0.271 e. The second-order valence-electron chi connectivity index (χ2n) is 6.37. The smallest absolute Gasteiger partial charge is 0.138 e. The fourth-order valence-electron chi connectivity index (χ4n) is 2.21. The van der Waals surface area contributed by atoms with Gasteiger partial charge in [-0.05, 0) is 25.4 Å². The molecule has 0 aliphatic carbocycles. The first-order chi connectivity index (χ1) is 9.84. The fourth-order valence-corrected chi connectivity index (χ4v) is 3.13. The van der Waals surface area contributed by atoms with Crippen LogP contribution in [-0.2, 0) is 11.8 Å². The Bertz CT molecular complexity index is 581. The predicted molar refractivity (Wildman–Crippen MR) is 82.8 cm³/mol. The molecular formula is C13H23N7S. The number of nitrogens with zero attached hydrogens (tertiary/aromatic N) is 5. The van der Waals surface area contributed by atoms with Crippen molar-refractivity contribution < 1.29 is 0 Å². The highest BCUT2D eigenvalue weighted by atomic mass is 32.1. The van der Waals surface area contributed by atoms with E-state index in [-0.39, 0.29) is 17.5 Å². The lowest BCUT2D eigenvalue weighted by molar-refractivity contribution is 0.463. The van der Waals surface area contributed by atoms with Crippen LogP contribution in [0.1, 0.15) is 63.1 Å². The van der Waals surface area contributed by atoms with Crippen molar-refractivity contribution in [1.29, 1.82) is 0 Å². The molecule has 7 nitrogen and oxygen atoms in total. The Balaban J connectivity index is 2.29. The normalized spacial score (nSPS) is 13.9. The molecule has 3 N–H and O–H groups in total. The number of rotatable bonds is 5. The fraction of sp³-hybridized carbons (Fsp3) is 0.692. The summed E-state index contributed by atoms with van der Waals surface area (Å²) >= 11 is 1.38. The number of hydrazine groups is 1. The molecule has 116 valence electrons. The van der Waals surface area contributed by atoms with Crippen LogP contribution in [0.2, 0.25) is 0 Å². The first-order valence-electron chi connectivity index (χ1n) is 7.01. The highest BCUT2D eigenvalue weighted by Crippen LogP contribution is 2.31. The van der Waals surface area contributed by atoms with E-state index in [9.17, 15) is 0 Å². The maximum atomic E-state index is 5.76. The molecule has 1 unspecified atom stereocenters. The Morgan fingerprint density at radius 3 is 2.67 bits per heavy atom. The van der Waals surface area contributed by atoms with Gasteiger partial charge in [-0.15, -0.1) is 5.10 Å². The third-order valence-corrected chi connectivity index (χ3v) is 4.10. The lowest BCUT2D eigenvalue weighted by Crippen LogP contribution is -2.32. The minimum atomic E-state index is -0.0686. The summed E-state index contributed by atoms with van der Waals surface area (Å²) in [7, 11) is 0. The van der Waals surface area contributed by atoms with E-state index in [1.807, 2.05) is 4.68 Å². The standard InChI is InChI=1S/C13H23N7S/c1-8(2)20-10(15-7-16-20)6-9(17-14)11-12(13(3,4)5)18-19-21-11/h7-9,17H,6,14H2,1-5H3. The molecule has 0 amide bonds. The first kappa shape index (κ1) is 16.0. The predicted octanol–water partition coefficient (Wildman–Crippen LogP) is 1.76. The molecule has 0 aromatic carbocycles. The van der Waals surface area contributed by atoms with Crippen LogP contribution in [0.3, 0.4) is 0 Å². The number of nitrogens with one attached hydrogen (secondary N) is 1. The molecule has 0 saturated heterocycles. The van der Waals surface area contributed by atoms with Crippen LogP contribution >= 0.6 is 11.5 Å². The van der Waals surface area contributed by atoms with Gasteiger partial charge in [0.15, 0.2) is 0 Å². The number of aromatic nitrogens is 5. The first-order valence-corrected chi connectivity index (χ1v) is 7.79. The van der Waals surface area contributed by atoms with Gasteiger partial charge < -0.3 is 0 Å². The summed E-state index contributed by atoms with van der Waals surface area (Å²) in [5.74, 6) is 6.67. The van der Waals surface area contributed by atoms with Crippen molar-refractivity contribution in [3.8, 4) is 0 Å². The van der Waals surface area contributed by atoms with Crippen molar-refractivity contribution in [3.63, 3.8) is 0 Å². The van der Waals surface area contributed by atoms with Crippen molar-refractivity contribution in [2.24, 2.45) is 5.84 Å². The van der Waals surface area contributed by atoms with Crippen LogP contribution in [0, 0.1) is 0 Å². The zero-order chi connectivity index (χ0) is 15.6. The molecular weight excluding hydrogens is 286 g/mol. The third-order valence-electron chi connectivity index (χ3n) is 3.26. The average molecular weight is 309 g/mol. The molecule has 0 bridgehead atoms. The second kappa shape index (κ2) is 6.17. The van der Waals surface area contributed by atoms with Crippen molar-refractivity contribution in [2.45, 2.75) is 58.5 Å². The Kier molecular flexibility index (Phi) is 4.70. The van der Waals surface area contributed by atoms with E-state index >= 15 is 0 Å². The van der Waals surface area contributed by atoms with E-state index in [4.69, 9.17) is 5.84 Å². The summed E-state index contributed by atoms with van der Waals surface area (Å²) < 4.78 is 6.01. The highest BCUT2D eigenvalue weighted by Gasteiger charge is 2.28. The number of hydrogen-bond donors (Lipinski definition) is 2. The van der Waals surface area contributed by atoms with Crippen LogP contribution < -0.4 is 11.3 Å². The average Bonchev–Trinajstić information content (AvgIpc) is 3.03. The van der Waals surface area contributed by atoms with Crippen LogP contribution in [-0.4, -0.2) is 24.4 Å². The highest BCUT2D eigenvalue weighted by molar-refractivity contribution is 7.05. The molecule has 0 saturated carbocycles. The summed E-state index contributed by atoms with van der Waals surface area (Å²) in [6.45, 7) is 10.5. The van der Waals surface area contributed by atoms with Gasteiger partial charge in [0.25, 0.3) is 0 Å². The van der Waals surface area contributed by atoms with Crippen molar-refractivity contribution in [1.82, 2.24) is 29.8 Å². The van der Waals surface area contributed by atoms with Gasteiger partial charge in [0.05, 0.1) is 16.6 Å². The molecule has 2 aromatic heterocycles. The molecule has 0 aliphatic rings. The summed E-state index contributed by atoms with van der Waals surface area (Å²) in [4.78, 5) is 5.41. The zero-order valence-corrected chi connectivity index (χ0v) is 14.0. The Labute approximate surface area is 129 Å². The van der Waals surface area contributed by atoms with Crippen LogP contribution in [0.25, 0.3) is 0 Å². The lowest BCUT2D eigenvalue weighted by atomic mass is 9.89. The van der Waals surface area contributed by atoms with Gasteiger partial charge in [-0.2, -0.15) is 5.10 Å². The summed E-state index contributed by atoms with van der Waals surface area (Å²) in [6.07, 6.45) is 2.24. The molecule has 2 rings (SSSR count). The molecule has 8 heteroatoms. The molecule has 2 aromatic rings. The van der Waals surface area contributed by atoms with E-state index in [2.05, 4.69) is 59.7 Å². The molecule has 0 radical (unpaired) electrons. The van der Waals surface area contributed by atoms with Gasteiger partial charge in [0.1, 0.15) is 12.2 Å². The molecule has 2 heterocycles. The van der Waals surface area contributed by atoms with Crippen molar-refractivity contribution in [2.75, 3.05) is 0 Å². The SMILES string of the molecule is CC(C)n1ncnc1CC(NN)c1snnc1C(C)(C)C. The van der Waals surface area contributed by atoms with Crippen molar-refractivity contribution >= 4 is 11.5 Å². The Morgan fingerprint density at radius 1 is 1.38 bits per heavy atom. The number of hydrogen-bond acceptors (Lipinski definition) is 7. The van der Waals surface area contributed by atoms with E-state index in [1.54, 1.807) is 6.33 Å². The van der Waals surface area contributed by atoms with E-state index < -0.39 is 0 Å². The van der Waals surface area contributed by atoms with E-state index in [1.165, 1.54) is 11.5 Å². The second-order valence-corrected chi connectivity index (χ2v) is 7.16. The maximum Gasteiger partial charge on any atom is 0.138 e. The third kappa shape index (κ3) is 3.45. The number of nitrogens with two attached hydrogens (primary N) is 1. The van der Waals surface area contributed by atoms with E-state index in [0.29, 0.717) is 6.42 Å². The lowest BCUT2D eigenvalue weighted by Gasteiger charge is -2.21. The molecule has 21 heavy (non-hydrogen) atoms. The minimum Gasteiger partial charge on any atom is -0.271 e. The molecule has 0 fully saturated rings. The quantitative estimate of drug-likeness (QED) is 0.645. The van der Waals surface area contributed by atoms with Gasteiger partial charge in [-0.3, -0.25) is 11.3 Å². The minimum absolute atomic E-state index is 0.0663. The summed E-state index contributed by atoms with van der Waals surface area (Å²) in [6, 6.07) is 0.198. The van der Waals surface area contributed by atoms with Crippen LogP contribution in [0.15, 0.2) is 6.33 Å². The molecule has 0 aliphatic heterocycles. The molecule has 0 spiro atoms. The Morgan fingerprint density at radius 2 is 2.10 bits per heavy atom. The van der Waals surface area contributed by atoms with Crippen molar-refractivity contribution in [3.05, 3.63) is 22.7 Å². The monoisotopic (exact) mass is 309 g/mol. The molecule has 1 atom stereocenters. The topological polar surface area (TPSA) is 94.5 Å². The summed E-state index contributed by atoms with van der Waals surface area (Å²) in [5, 5.41) is 8.54. The van der Waals surface area contributed by atoms with Gasteiger partial charge in [-0.1, -0.05) is 25.3 Å². The van der Waals surface area contributed by atoms with Crippen LogP contribution in [0.4, 0.5) is 0 Å². The van der Waals surface area contributed by atoms with E-state index in [0.717, 1.165) is 16.4 Å². The zero-order valence-electron chi connectivity index (χ0n) is 13.2.